The number of nitrogen functional groups attached to an aromatic ring is 1. The number of aromatic nitrogens is 6. The summed E-state index contributed by atoms with van der Waals surface area (Å²) in [6, 6.07) is 8.34. The standard InChI is InChI=1S/C30H34N8O4/c31-29-32-14-21(15-33-29)20-5-7-23(8-6-20)30(10-3-11-30)28-35-27(42-36-28)22-16-34-38(17-22)19-25(39)37-12-9-24(18-37)41-26-4-1-2-13-40-26/h5-8,14-17,24,26H,1-4,9-13,18-19H2,(H2,31,32,33). The van der Waals surface area contributed by atoms with Crippen LogP contribution in [0.3, 0.4) is 0 Å². The molecular formula is C30H34N8O4. The second-order valence-corrected chi connectivity index (χ2v) is 11.4. The topological polar surface area (TPSA) is 147 Å². The van der Waals surface area contributed by atoms with Crippen LogP contribution in [0.25, 0.3) is 22.6 Å². The Balaban J connectivity index is 0.995. The average Bonchev–Trinajstić information content (AvgIpc) is 3.76. The SMILES string of the molecule is Nc1ncc(-c2ccc(C3(c4noc(-c5cnn(CC(=O)N6CCC(OC7CCCCO7)C6)c5)n4)CCC3)cc2)cn1. The van der Waals surface area contributed by atoms with Crippen molar-refractivity contribution < 1.29 is 18.8 Å². The molecule has 2 N–H and O–H groups in total. The van der Waals surface area contributed by atoms with Gasteiger partial charge >= 0.3 is 0 Å². The van der Waals surface area contributed by atoms with Gasteiger partial charge in [0.05, 0.1) is 23.3 Å². The quantitative estimate of drug-likeness (QED) is 0.333. The highest BCUT2D eigenvalue weighted by Gasteiger charge is 2.44. The summed E-state index contributed by atoms with van der Waals surface area (Å²) >= 11 is 0. The lowest BCUT2D eigenvalue weighted by Gasteiger charge is -2.39. The number of anilines is 1. The van der Waals surface area contributed by atoms with E-state index in [4.69, 9.17) is 24.7 Å². The number of carbonyl (C=O) groups is 1. The van der Waals surface area contributed by atoms with Crippen molar-refractivity contribution in [2.24, 2.45) is 0 Å². The summed E-state index contributed by atoms with van der Waals surface area (Å²) < 4.78 is 19.1. The van der Waals surface area contributed by atoms with E-state index in [-0.39, 0.29) is 36.2 Å². The molecule has 7 rings (SSSR count). The Bertz CT molecular complexity index is 1520. The number of carbonyl (C=O) groups excluding carboxylic acids is 1. The van der Waals surface area contributed by atoms with Gasteiger partial charge in [-0.3, -0.25) is 9.48 Å². The predicted octanol–water partition coefficient (Wildman–Crippen LogP) is 3.59. The fourth-order valence-corrected chi connectivity index (χ4v) is 6.07. The van der Waals surface area contributed by atoms with Gasteiger partial charge in [-0.1, -0.05) is 35.8 Å². The molecule has 0 radical (unpaired) electrons. The maximum absolute atomic E-state index is 13.0. The van der Waals surface area contributed by atoms with E-state index in [1.54, 1.807) is 29.5 Å². The molecule has 3 aromatic heterocycles. The van der Waals surface area contributed by atoms with E-state index in [1.807, 2.05) is 4.90 Å². The Morgan fingerprint density at radius 2 is 1.86 bits per heavy atom. The Morgan fingerprint density at radius 1 is 1.02 bits per heavy atom. The number of likely N-dealkylation sites (tertiary alicyclic amines) is 1. The van der Waals surface area contributed by atoms with Gasteiger partial charge in [0.1, 0.15) is 6.54 Å². The average molecular weight is 571 g/mol. The fraction of sp³-hybridized carbons (Fsp3) is 0.467. The molecule has 4 aromatic rings. The van der Waals surface area contributed by atoms with Crippen LogP contribution in [0.2, 0.25) is 0 Å². The summed E-state index contributed by atoms with van der Waals surface area (Å²) in [6.45, 7) is 2.15. The zero-order valence-electron chi connectivity index (χ0n) is 23.4. The Morgan fingerprint density at radius 3 is 2.60 bits per heavy atom. The van der Waals surface area contributed by atoms with Crippen molar-refractivity contribution in [3.8, 4) is 22.6 Å². The molecule has 2 saturated heterocycles. The highest BCUT2D eigenvalue weighted by atomic mass is 16.7. The molecule has 3 fully saturated rings. The van der Waals surface area contributed by atoms with Crippen molar-refractivity contribution in [1.29, 1.82) is 0 Å². The lowest BCUT2D eigenvalue weighted by Crippen LogP contribution is -2.36. The molecule has 1 amide bonds. The largest absolute Gasteiger partial charge is 0.368 e. The first-order chi connectivity index (χ1) is 20.6. The normalized spacial score (nSPS) is 21.8. The van der Waals surface area contributed by atoms with E-state index in [2.05, 4.69) is 44.5 Å². The van der Waals surface area contributed by atoms with Crippen molar-refractivity contribution in [3.05, 3.63) is 60.4 Å². The molecule has 1 saturated carbocycles. The number of nitrogens with two attached hydrogens (primary N) is 1. The summed E-state index contributed by atoms with van der Waals surface area (Å²) in [7, 11) is 0. The van der Waals surface area contributed by atoms with E-state index in [9.17, 15) is 4.79 Å². The van der Waals surface area contributed by atoms with Crippen LogP contribution in [0.5, 0.6) is 0 Å². The van der Waals surface area contributed by atoms with E-state index in [0.29, 0.717) is 30.4 Å². The summed E-state index contributed by atoms with van der Waals surface area (Å²) in [6.07, 6.45) is 13.7. The number of hydrogen-bond acceptors (Lipinski definition) is 10. The van der Waals surface area contributed by atoms with E-state index in [1.165, 1.54) is 0 Å². The number of rotatable bonds is 8. The molecule has 5 heterocycles. The number of amides is 1. The van der Waals surface area contributed by atoms with Gasteiger partial charge < -0.3 is 24.6 Å². The Hall–Kier alpha value is -4.16. The molecule has 3 aliphatic rings. The maximum atomic E-state index is 13.0. The number of hydrogen-bond donors (Lipinski definition) is 1. The molecule has 2 unspecified atom stereocenters. The molecule has 1 aliphatic carbocycles. The Labute approximate surface area is 243 Å². The van der Waals surface area contributed by atoms with E-state index in [0.717, 1.165) is 68.2 Å². The third-order valence-electron chi connectivity index (χ3n) is 8.66. The minimum absolute atomic E-state index is 0.00827. The maximum Gasteiger partial charge on any atom is 0.261 e. The van der Waals surface area contributed by atoms with Crippen LogP contribution in [0.1, 0.15) is 56.3 Å². The molecule has 0 bridgehead atoms. The molecule has 218 valence electrons. The molecule has 0 spiro atoms. The molecular weight excluding hydrogens is 536 g/mol. The van der Waals surface area contributed by atoms with Gasteiger partial charge in [0.2, 0.25) is 11.9 Å². The van der Waals surface area contributed by atoms with E-state index < -0.39 is 0 Å². The zero-order valence-corrected chi connectivity index (χ0v) is 23.4. The third-order valence-corrected chi connectivity index (χ3v) is 8.66. The molecule has 42 heavy (non-hydrogen) atoms. The van der Waals surface area contributed by atoms with Gasteiger partial charge in [0, 0.05) is 43.9 Å². The van der Waals surface area contributed by atoms with Crippen LogP contribution in [-0.2, 0) is 26.2 Å². The number of ether oxygens (including phenoxy) is 2. The number of benzene rings is 1. The third kappa shape index (κ3) is 5.27. The predicted molar refractivity (Wildman–Crippen MR) is 152 cm³/mol. The molecule has 12 heteroatoms. The Kier molecular flexibility index (Phi) is 7.16. The van der Waals surface area contributed by atoms with Crippen LogP contribution < -0.4 is 5.73 Å². The van der Waals surface area contributed by atoms with Crippen molar-refractivity contribution in [3.63, 3.8) is 0 Å². The van der Waals surface area contributed by atoms with Gasteiger partial charge in [-0.25, -0.2) is 9.97 Å². The summed E-state index contributed by atoms with van der Waals surface area (Å²) in [5.74, 6) is 1.33. The van der Waals surface area contributed by atoms with Crippen molar-refractivity contribution in [2.45, 2.75) is 69.3 Å². The highest BCUT2D eigenvalue weighted by molar-refractivity contribution is 5.76. The van der Waals surface area contributed by atoms with Crippen LogP contribution in [0.4, 0.5) is 5.95 Å². The molecule has 2 aliphatic heterocycles. The zero-order chi connectivity index (χ0) is 28.5. The lowest BCUT2D eigenvalue weighted by atomic mass is 9.64. The van der Waals surface area contributed by atoms with Crippen LogP contribution in [0, 0.1) is 0 Å². The van der Waals surface area contributed by atoms with Gasteiger partial charge in [-0.2, -0.15) is 10.1 Å². The summed E-state index contributed by atoms with van der Waals surface area (Å²) in [4.78, 5) is 27.8. The van der Waals surface area contributed by atoms with Gasteiger partial charge in [-0.05, 0) is 49.7 Å². The highest BCUT2D eigenvalue weighted by Crippen LogP contribution is 2.48. The van der Waals surface area contributed by atoms with Crippen molar-refractivity contribution >= 4 is 11.9 Å². The van der Waals surface area contributed by atoms with Crippen molar-refractivity contribution in [2.75, 3.05) is 25.4 Å². The minimum Gasteiger partial charge on any atom is -0.368 e. The van der Waals surface area contributed by atoms with Gasteiger partial charge in [0.25, 0.3) is 5.89 Å². The second kappa shape index (κ2) is 11.3. The van der Waals surface area contributed by atoms with Gasteiger partial charge in [-0.15, -0.1) is 0 Å². The molecule has 12 nitrogen and oxygen atoms in total. The minimum atomic E-state index is -0.291. The summed E-state index contributed by atoms with van der Waals surface area (Å²) in [5.41, 5.74) is 9.08. The fourth-order valence-electron chi connectivity index (χ4n) is 6.07. The first-order valence-corrected chi connectivity index (χ1v) is 14.7. The van der Waals surface area contributed by atoms with Crippen molar-refractivity contribution in [1.82, 2.24) is 34.8 Å². The molecule has 1 aromatic carbocycles. The van der Waals surface area contributed by atoms with Crippen LogP contribution in [0.15, 0.2) is 53.6 Å². The summed E-state index contributed by atoms with van der Waals surface area (Å²) in [5, 5.41) is 8.78. The van der Waals surface area contributed by atoms with Gasteiger partial charge in [0.15, 0.2) is 12.1 Å². The van der Waals surface area contributed by atoms with E-state index >= 15 is 0 Å². The molecule has 2 atom stereocenters. The number of nitrogens with zero attached hydrogens (tertiary/aromatic N) is 7. The lowest BCUT2D eigenvalue weighted by molar-refractivity contribution is -0.185. The second-order valence-electron chi connectivity index (χ2n) is 11.4. The van der Waals surface area contributed by atoms with Crippen LogP contribution >= 0.6 is 0 Å². The van der Waals surface area contributed by atoms with Crippen LogP contribution in [-0.4, -0.2) is 72.8 Å². The smallest absolute Gasteiger partial charge is 0.261 e. The first kappa shape index (κ1) is 26.7. The monoisotopic (exact) mass is 570 g/mol. The first-order valence-electron chi connectivity index (χ1n) is 14.7.